The van der Waals surface area contributed by atoms with Crippen molar-refractivity contribution in [1.82, 2.24) is 4.90 Å². The van der Waals surface area contributed by atoms with E-state index >= 15 is 0 Å². The van der Waals surface area contributed by atoms with E-state index in [1.165, 1.54) is 0 Å². The van der Waals surface area contributed by atoms with E-state index < -0.39 is 0 Å². The molecule has 2 unspecified atom stereocenters. The van der Waals surface area contributed by atoms with Gasteiger partial charge in [0.25, 0.3) is 5.91 Å². The molecule has 0 radical (unpaired) electrons. The Bertz CT molecular complexity index is 501. The molecule has 0 saturated carbocycles. The number of nitrogens with zero attached hydrogens (tertiary/aromatic N) is 1. The maximum absolute atomic E-state index is 12.5. The van der Waals surface area contributed by atoms with Crippen LogP contribution in [0.1, 0.15) is 30.6 Å². The van der Waals surface area contributed by atoms with Crippen molar-refractivity contribution in [2.24, 2.45) is 5.92 Å². The summed E-state index contributed by atoms with van der Waals surface area (Å²) in [5.74, 6) is 1.34. The quantitative estimate of drug-likeness (QED) is 0.901. The Kier molecular flexibility index (Phi) is 5.07. The first kappa shape index (κ1) is 15.6. The molecule has 5 heteroatoms. The number of hydrogen-bond donors (Lipinski definition) is 1. The standard InChI is InChI=1S/C16H23NO4/c1-4-21-14-6-5-12(9-15(14)20-3)16(19)17-8-7-13(10-17)11(2)18/h5-6,9,11,13,18H,4,7-8,10H2,1-3H3. The fourth-order valence-electron chi connectivity index (χ4n) is 2.62. The Labute approximate surface area is 125 Å². The van der Waals surface area contributed by atoms with Crippen molar-refractivity contribution >= 4 is 5.91 Å². The van der Waals surface area contributed by atoms with Crippen molar-refractivity contribution in [2.75, 3.05) is 26.8 Å². The van der Waals surface area contributed by atoms with Crippen LogP contribution in [0.5, 0.6) is 11.5 Å². The van der Waals surface area contributed by atoms with Crippen molar-refractivity contribution in [3.8, 4) is 11.5 Å². The van der Waals surface area contributed by atoms with Gasteiger partial charge in [-0.05, 0) is 38.5 Å². The third-order valence-electron chi connectivity index (χ3n) is 3.90. The Morgan fingerprint density at radius 3 is 2.81 bits per heavy atom. The number of carbonyl (C=O) groups is 1. The summed E-state index contributed by atoms with van der Waals surface area (Å²) in [4.78, 5) is 14.3. The molecule has 1 aliphatic rings. The summed E-state index contributed by atoms with van der Waals surface area (Å²) in [7, 11) is 1.56. The first-order chi connectivity index (χ1) is 10.1. The van der Waals surface area contributed by atoms with E-state index in [4.69, 9.17) is 9.47 Å². The minimum absolute atomic E-state index is 0.0282. The molecule has 2 rings (SSSR count). The number of methoxy groups -OCH3 is 1. The third-order valence-corrected chi connectivity index (χ3v) is 3.90. The largest absolute Gasteiger partial charge is 0.493 e. The Hall–Kier alpha value is -1.75. The smallest absolute Gasteiger partial charge is 0.254 e. The van der Waals surface area contributed by atoms with Gasteiger partial charge in [-0.3, -0.25) is 4.79 Å². The molecule has 1 fully saturated rings. The molecule has 2 atom stereocenters. The van der Waals surface area contributed by atoms with E-state index in [-0.39, 0.29) is 17.9 Å². The van der Waals surface area contributed by atoms with Crippen molar-refractivity contribution in [3.05, 3.63) is 23.8 Å². The highest BCUT2D eigenvalue weighted by atomic mass is 16.5. The van der Waals surface area contributed by atoms with E-state index in [9.17, 15) is 9.90 Å². The highest BCUT2D eigenvalue weighted by Crippen LogP contribution is 2.29. The van der Waals surface area contributed by atoms with Gasteiger partial charge in [0.05, 0.1) is 19.8 Å². The number of carbonyl (C=O) groups excluding carboxylic acids is 1. The van der Waals surface area contributed by atoms with Gasteiger partial charge in [-0.15, -0.1) is 0 Å². The second kappa shape index (κ2) is 6.80. The zero-order valence-electron chi connectivity index (χ0n) is 12.8. The number of benzene rings is 1. The van der Waals surface area contributed by atoms with Crippen LogP contribution in [0, 0.1) is 5.92 Å². The molecule has 21 heavy (non-hydrogen) atoms. The molecule has 1 aromatic carbocycles. The number of rotatable bonds is 5. The molecule has 0 bridgehead atoms. The minimum Gasteiger partial charge on any atom is -0.493 e. The SMILES string of the molecule is CCOc1ccc(C(=O)N2CCC(C(C)O)C2)cc1OC. The lowest BCUT2D eigenvalue weighted by molar-refractivity contribution is 0.0762. The molecule has 116 valence electrons. The van der Waals surface area contributed by atoms with Crippen LogP contribution in [0.4, 0.5) is 0 Å². The number of amides is 1. The van der Waals surface area contributed by atoms with Gasteiger partial charge in [0, 0.05) is 24.6 Å². The van der Waals surface area contributed by atoms with Crippen molar-refractivity contribution in [2.45, 2.75) is 26.4 Å². The fraction of sp³-hybridized carbons (Fsp3) is 0.562. The van der Waals surface area contributed by atoms with E-state index in [1.807, 2.05) is 6.92 Å². The van der Waals surface area contributed by atoms with E-state index in [0.29, 0.717) is 36.8 Å². The summed E-state index contributed by atoms with van der Waals surface area (Å²) >= 11 is 0. The predicted octanol–water partition coefficient (Wildman–Crippen LogP) is 1.94. The van der Waals surface area contributed by atoms with Crippen LogP contribution in [0.2, 0.25) is 0 Å². The lowest BCUT2D eigenvalue weighted by Gasteiger charge is -2.18. The summed E-state index contributed by atoms with van der Waals surface area (Å²) in [6, 6.07) is 5.23. The van der Waals surface area contributed by atoms with Crippen LogP contribution in [0.15, 0.2) is 18.2 Å². The molecular formula is C16H23NO4. The monoisotopic (exact) mass is 293 g/mol. The van der Waals surface area contributed by atoms with Crippen LogP contribution >= 0.6 is 0 Å². The van der Waals surface area contributed by atoms with Gasteiger partial charge in [0.1, 0.15) is 0 Å². The van der Waals surface area contributed by atoms with Gasteiger partial charge in [0.15, 0.2) is 11.5 Å². The van der Waals surface area contributed by atoms with Crippen LogP contribution in [-0.2, 0) is 0 Å². The summed E-state index contributed by atoms with van der Waals surface area (Å²) in [5.41, 5.74) is 0.585. The summed E-state index contributed by atoms with van der Waals surface area (Å²) in [6.07, 6.45) is 0.468. The molecular weight excluding hydrogens is 270 g/mol. The molecule has 1 aromatic rings. The number of hydrogen-bond acceptors (Lipinski definition) is 4. The van der Waals surface area contributed by atoms with Crippen LogP contribution in [-0.4, -0.2) is 48.8 Å². The predicted molar refractivity (Wildman–Crippen MR) is 79.9 cm³/mol. The molecule has 0 aliphatic carbocycles. The van der Waals surface area contributed by atoms with Gasteiger partial charge >= 0.3 is 0 Å². The maximum Gasteiger partial charge on any atom is 0.254 e. The molecule has 1 N–H and O–H groups in total. The van der Waals surface area contributed by atoms with Gasteiger partial charge < -0.3 is 19.5 Å². The molecule has 1 heterocycles. The molecule has 0 spiro atoms. The summed E-state index contributed by atoms with van der Waals surface area (Å²) in [6.45, 7) is 5.51. The zero-order chi connectivity index (χ0) is 15.4. The van der Waals surface area contributed by atoms with E-state index in [0.717, 1.165) is 6.42 Å². The first-order valence-electron chi connectivity index (χ1n) is 7.35. The van der Waals surface area contributed by atoms with E-state index in [1.54, 1.807) is 37.1 Å². The second-order valence-electron chi connectivity index (χ2n) is 5.34. The molecule has 0 aromatic heterocycles. The lowest BCUT2D eigenvalue weighted by atomic mass is 10.0. The topological polar surface area (TPSA) is 59.0 Å². The van der Waals surface area contributed by atoms with Crippen molar-refractivity contribution in [1.29, 1.82) is 0 Å². The zero-order valence-corrected chi connectivity index (χ0v) is 12.8. The number of ether oxygens (including phenoxy) is 2. The molecule has 5 nitrogen and oxygen atoms in total. The van der Waals surface area contributed by atoms with Gasteiger partial charge in [-0.25, -0.2) is 0 Å². The summed E-state index contributed by atoms with van der Waals surface area (Å²) in [5, 5.41) is 9.63. The van der Waals surface area contributed by atoms with Gasteiger partial charge in [-0.2, -0.15) is 0 Å². The first-order valence-corrected chi connectivity index (χ1v) is 7.35. The third kappa shape index (κ3) is 3.47. The van der Waals surface area contributed by atoms with Crippen LogP contribution in [0.25, 0.3) is 0 Å². The van der Waals surface area contributed by atoms with Crippen LogP contribution in [0.3, 0.4) is 0 Å². The molecule has 1 aliphatic heterocycles. The number of likely N-dealkylation sites (tertiary alicyclic amines) is 1. The van der Waals surface area contributed by atoms with E-state index in [2.05, 4.69) is 0 Å². The average Bonchev–Trinajstić information content (AvgIpc) is 2.97. The minimum atomic E-state index is -0.377. The van der Waals surface area contributed by atoms with Crippen molar-refractivity contribution < 1.29 is 19.4 Å². The van der Waals surface area contributed by atoms with Gasteiger partial charge in [0.2, 0.25) is 0 Å². The molecule has 1 amide bonds. The normalized spacial score (nSPS) is 19.4. The highest BCUT2D eigenvalue weighted by molar-refractivity contribution is 5.95. The average molecular weight is 293 g/mol. The number of aliphatic hydroxyl groups excluding tert-OH is 1. The van der Waals surface area contributed by atoms with Gasteiger partial charge in [-0.1, -0.05) is 0 Å². The summed E-state index contributed by atoms with van der Waals surface area (Å²) < 4.78 is 10.7. The van der Waals surface area contributed by atoms with Crippen LogP contribution < -0.4 is 9.47 Å². The lowest BCUT2D eigenvalue weighted by Crippen LogP contribution is -2.30. The Balaban J connectivity index is 2.13. The fourth-order valence-corrected chi connectivity index (χ4v) is 2.62. The Morgan fingerprint density at radius 1 is 1.48 bits per heavy atom. The molecule has 1 saturated heterocycles. The highest BCUT2D eigenvalue weighted by Gasteiger charge is 2.29. The maximum atomic E-state index is 12.5. The second-order valence-corrected chi connectivity index (χ2v) is 5.34. The number of aliphatic hydroxyl groups is 1. The Morgan fingerprint density at radius 2 is 2.24 bits per heavy atom. The van der Waals surface area contributed by atoms with Crippen molar-refractivity contribution in [3.63, 3.8) is 0 Å².